The molecule has 21 heavy (non-hydrogen) atoms. The summed E-state index contributed by atoms with van der Waals surface area (Å²) in [6.07, 6.45) is 4.66. The van der Waals surface area contributed by atoms with Crippen molar-refractivity contribution in [2.24, 2.45) is 5.16 Å². The monoisotopic (exact) mass is 308 g/mol. The minimum atomic E-state index is -0.920. The average molecular weight is 309 g/mol. The molecule has 1 aromatic heterocycles. The molecule has 0 aliphatic carbocycles. The molecule has 0 N–H and O–H groups in total. The molecule has 0 amide bonds. The van der Waals surface area contributed by atoms with E-state index in [0.717, 1.165) is 17.7 Å². The first-order valence-electron chi connectivity index (χ1n) is 5.67. The molecule has 0 aliphatic rings. The van der Waals surface area contributed by atoms with Gasteiger partial charge in [-0.15, -0.1) is 12.4 Å². The number of nitrogens with zero attached hydrogens (tertiary/aromatic N) is 2. The summed E-state index contributed by atoms with van der Waals surface area (Å²) in [4.78, 5) is 8.57. The summed E-state index contributed by atoms with van der Waals surface area (Å²) in [6, 6.07) is 5.25. The number of benzene rings is 1. The summed E-state index contributed by atoms with van der Waals surface area (Å²) >= 11 is 0. The standard InChI is InChI=1S/C15H10F2N2O.ClH/c1-20-19-10-13-6-12(8-18-9-13)3-2-11-4-5-14(16)15(17)7-11;/h4-10H,1H3;1H. The lowest BCUT2D eigenvalue weighted by molar-refractivity contribution is 0.215. The highest BCUT2D eigenvalue weighted by Gasteiger charge is 2.00. The molecule has 0 saturated heterocycles. The second-order valence-corrected chi connectivity index (χ2v) is 3.80. The third kappa shape index (κ3) is 4.86. The fourth-order valence-electron chi connectivity index (χ4n) is 1.43. The van der Waals surface area contributed by atoms with Gasteiger partial charge in [-0.05, 0) is 24.3 Å². The molecule has 0 saturated carbocycles. The van der Waals surface area contributed by atoms with E-state index < -0.39 is 11.6 Å². The van der Waals surface area contributed by atoms with E-state index in [1.807, 2.05) is 0 Å². The Balaban J connectivity index is 0.00000220. The fraction of sp³-hybridized carbons (Fsp3) is 0.0667. The van der Waals surface area contributed by atoms with Crippen LogP contribution in [0.25, 0.3) is 0 Å². The molecule has 2 rings (SSSR count). The molecule has 0 spiro atoms. The number of hydrogen-bond acceptors (Lipinski definition) is 3. The molecule has 0 unspecified atom stereocenters. The summed E-state index contributed by atoms with van der Waals surface area (Å²) in [6.45, 7) is 0. The van der Waals surface area contributed by atoms with Crippen LogP contribution in [0.1, 0.15) is 16.7 Å². The zero-order valence-corrected chi connectivity index (χ0v) is 11.8. The lowest BCUT2D eigenvalue weighted by Gasteiger charge is -1.94. The summed E-state index contributed by atoms with van der Waals surface area (Å²) in [5, 5.41) is 3.62. The highest BCUT2D eigenvalue weighted by Crippen LogP contribution is 2.08. The molecule has 108 valence electrons. The highest BCUT2D eigenvalue weighted by atomic mass is 35.5. The van der Waals surface area contributed by atoms with E-state index in [-0.39, 0.29) is 12.4 Å². The smallest absolute Gasteiger partial charge is 0.160 e. The Morgan fingerprint density at radius 3 is 2.57 bits per heavy atom. The molecule has 0 fully saturated rings. The van der Waals surface area contributed by atoms with Gasteiger partial charge in [-0.3, -0.25) is 4.98 Å². The van der Waals surface area contributed by atoms with Crippen LogP contribution in [0.2, 0.25) is 0 Å². The predicted octanol–water partition coefficient (Wildman–Crippen LogP) is 3.16. The quantitative estimate of drug-likeness (QED) is 0.485. The minimum absolute atomic E-state index is 0. The predicted molar refractivity (Wildman–Crippen MR) is 78.4 cm³/mol. The first-order chi connectivity index (χ1) is 9.69. The molecular formula is C15H11ClF2N2O. The molecular weight excluding hydrogens is 298 g/mol. The summed E-state index contributed by atoms with van der Waals surface area (Å²) in [5.41, 5.74) is 1.75. The molecule has 0 aliphatic heterocycles. The van der Waals surface area contributed by atoms with Crippen molar-refractivity contribution in [1.29, 1.82) is 0 Å². The van der Waals surface area contributed by atoms with Gasteiger partial charge >= 0.3 is 0 Å². The van der Waals surface area contributed by atoms with Gasteiger partial charge in [-0.1, -0.05) is 17.0 Å². The Hall–Kier alpha value is -2.45. The van der Waals surface area contributed by atoms with Crippen molar-refractivity contribution in [3.05, 3.63) is 65.0 Å². The molecule has 3 nitrogen and oxygen atoms in total. The molecule has 6 heteroatoms. The van der Waals surface area contributed by atoms with Gasteiger partial charge < -0.3 is 4.84 Å². The molecule has 0 radical (unpaired) electrons. The van der Waals surface area contributed by atoms with Gasteiger partial charge in [-0.25, -0.2) is 8.78 Å². The van der Waals surface area contributed by atoms with Crippen molar-refractivity contribution in [2.75, 3.05) is 7.11 Å². The topological polar surface area (TPSA) is 34.5 Å². The Kier molecular flexibility index (Phi) is 6.31. The molecule has 1 aromatic carbocycles. The van der Waals surface area contributed by atoms with E-state index in [4.69, 9.17) is 0 Å². The third-order valence-electron chi connectivity index (χ3n) is 2.34. The van der Waals surface area contributed by atoms with Crippen molar-refractivity contribution in [3.8, 4) is 11.8 Å². The second-order valence-electron chi connectivity index (χ2n) is 3.80. The lowest BCUT2D eigenvalue weighted by Crippen LogP contribution is -1.87. The Bertz CT molecular complexity index is 708. The van der Waals surface area contributed by atoms with E-state index in [0.29, 0.717) is 11.1 Å². The summed E-state index contributed by atoms with van der Waals surface area (Å²) in [7, 11) is 1.44. The maximum Gasteiger partial charge on any atom is 0.160 e. The molecule has 0 atom stereocenters. The van der Waals surface area contributed by atoms with Crippen LogP contribution < -0.4 is 0 Å². The van der Waals surface area contributed by atoms with Gasteiger partial charge in [-0.2, -0.15) is 0 Å². The Morgan fingerprint density at radius 2 is 1.86 bits per heavy atom. The first kappa shape index (κ1) is 16.6. The van der Waals surface area contributed by atoms with Crippen LogP contribution in [0.3, 0.4) is 0 Å². The number of pyridine rings is 1. The number of halogens is 3. The van der Waals surface area contributed by atoms with Crippen molar-refractivity contribution in [1.82, 2.24) is 4.98 Å². The van der Waals surface area contributed by atoms with E-state index >= 15 is 0 Å². The lowest BCUT2D eigenvalue weighted by atomic mass is 10.2. The van der Waals surface area contributed by atoms with Gasteiger partial charge in [0.05, 0.1) is 6.21 Å². The normalized spacial score (nSPS) is 9.67. The highest BCUT2D eigenvalue weighted by molar-refractivity contribution is 5.85. The van der Waals surface area contributed by atoms with Gasteiger partial charge in [0.25, 0.3) is 0 Å². The van der Waals surface area contributed by atoms with Crippen molar-refractivity contribution in [3.63, 3.8) is 0 Å². The van der Waals surface area contributed by atoms with E-state index in [2.05, 4.69) is 26.8 Å². The Morgan fingerprint density at radius 1 is 1.10 bits per heavy atom. The average Bonchev–Trinajstić information content (AvgIpc) is 2.47. The van der Waals surface area contributed by atoms with E-state index in [9.17, 15) is 8.78 Å². The zero-order chi connectivity index (χ0) is 14.4. The van der Waals surface area contributed by atoms with Gasteiger partial charge in [0.15, 0.2) is 11.6 Å². The van der Waals surface area contributed by atoms with Crippen LogP contribution in [0.4, 0.5) is 8.78 Å². The third-order valence-corrected chi connectivity index (χ3v) is 2.34. The number of oxime groups is 1. The second kappa shape index (κ2) is 7.98. The molecule has 2 aromatic rings. The van der Waals surface area contributed by atoms with Crippen molar-refractivity contribution in [2.45, 2.75) is 0 Å². The van der Waals surface area contributed by atoms with Crippen LogP contribution in [-0.4, -0.2) is 18.3 Å². The van der Waals surface area contributed by atoms with E-state index in [1.165, 1.54) is 19.4 Å². The van der Waals surface area contributed by atoms with Crippen LogP contribution in [0.5, 0.6) is 0 Å². The number of hydrogen-bond donors (Lipinski definition) is 0. The van der Waals surface area contributed by atoms with Gasteiger partial charge in [0.1, 0.15) is 7.11 Å². The van der Waals surface area contributed by atoms with E-state index in [1.54, 1.807) is 18.5 Å². The Labute approximate surface area is 127 Å². The largest absolute Gasteiger partial charge is 0.399 e. The zero-order valence-electron chi connectivity index (χ0n) is 11.0. The van der Waals surface area contributed by atoms with Crippen LogP contribution in [0.15, 0.2) is 41.8 Å². The fourth-order valence-corrected chi connectivity index (χ4v) is 1.43. The number of aromatic nitrogens is 1. The summed E-state index contributed by atoms with van der Waals surface area (Å²) < 4.78 is 25.8. The van der Waals surface area contributed by atoms with Gasteiger partial charge in [0.2, 0.25) is 0 Å². The van der Waals surface area contributed by atoms with Gasteiger partial charge in [0, 0.05) is 29.1 Å². The molecule has 1 heterocycles. The van der Waals surface area contributed by atoms with Crippen LogP contribution >= 0.6 is 12.4 Å². The van der Waals surface area contributed by atoms with Crippen LogP contribution in [0, 0.1) is 23.5 Å². The van der Waals surface area contributed by atoms with Crippen molar-refractivity contribution >= 4 is 18.6 Å². The summed E-state index contributed by atoms with van der Waals surface area (Å²) in [5.74, 6) is 3.75. The SMILES string of the molecule is CON=Cc1cncc(C#Cc2ccc(F)c(F)c2)c1.Cl. The minimum Gasteiger partial charge on any atom is -0.399 e. The van der Waals surface area contributed by atoms with Crippen molar-refractivity contribution < 1.29 is 13.6 Å². The molecule has 0 bridgehead atoms. The maximum absolute atomic E-state index is 13.0. The first-order valence-corrected chi connectivity index (χ1v) is 5.67. The maximum atomic E-state index is 13.0. The number of rotatable bonds is 2. The van der Waals surface area contributed by atoms with Crippen LogP contribution in [-0.2, 0) is 4.84 Å².